The summed E-state index contributed by atoms with van der Waals surface area (Å²) in [4.78, 5) is 0. The standard InChI is InChI=1S/C9H17NO/c1-2-9(4-3-5-9)11-8-6-10-7-8/h8,10H,2-7H2,1H3. The molecular weight excluding hydrogens is 138 g/mol. The molecule has 64 valence electrons. The van der Waals surface area contributed by atoms with Crippen LogP contribution in [0.5, 0.6) is 0 Å². The zero-order valence-electron chi connectivity index (χ0n) is 7.23. The van der Waals surface area contributed by atoms with Crippen LogP contribution >= 0.6 is 0 Å². The van der Waals surface area contributed by atoms with Crippen molar-refractivity contribution < 1.29 is 4.74 Å². The summed E-state index contributed by atoms with van der Waals surface area (Å²) in [7, 11) is 0. The minimum atomic E-state index is 0.298. The highest BCUT2D eigenvalue weighted by atomic mass is 16.5. The molecule has 1 saturated carbocycles. The summed E-state index contributed by atoms with van der Waals surface area (Å²) >= 11 is 0. The van der Waals surface area contributed by atoms with E-state index in [9.17, 15) is 0 Å². The van der Waals surface area contributed by atoms with E-state index >= 15 is 0 Å². The highest BCUT2D eigenvalue weighted by Crippen LogP contribution is 2.39. The number of rotatable bonds is 3. The number of hydrogen-bond donors (Lipinski definition) is 1. The highest BCUT2D eigenvalue weighted by Gasteiger charge is 2.39. The van der Waals surface area contributed by atoms with E-state index in [1.807, 2.05) is 0 Å². The summed E-state index contributed by atoms with van der Waals surface area (Å²) in [5, 5.41) is 3.23. The molecular formula is C9H17NO. The Labute approximate surface area is 68.3 Å². The number of hydrogen-bond acceptors (Lipinski definition) is 2. The van der Waals surface area contributed by atoms with Gasteiger partial charge in [0.2, 0.25) is 0 Å². The number of ether oxygens (including phenoxy) is 1. The van der Waals surface area contributed by atoms with Crippen LogP contribution in [-0.2, 0) is 4.74 Å². The molecule has 0 spiro atoms. The van der Waals surface area contributed by atoms with Crippen LogP contribution in [0.15, 0.2) is 0 Å². The molecule has 2 nitrogen and oxygen atoms in total. The SMILES string of the molecule is CCC1(OC2CNC2)CCC1. The highest BCUT2D eigenvalue weighted by molar-refractivity contribution is 4.91. The predicted molar refractivity (Wildman–Crippen MR) is 44.6 cm³/mol. The molecule has 2 rings (SSSR count). The Morgan fingerprint density at radius 3 is 2.45 bits per heavy atom. The van der Waals surface area contributed by atoms with Crippen molar-refractivity contribution >= 4 is 0 Å². The van der Waals surface area contributed by atoms with Gasteiger partial charge in [0.25, 0.3) is 0 Å². The van der Waals surface area contributed by atoms with E-state index in [-0.39, 0.29) is 0 Å². The maximum Gasteiger partial charge on any atom is 0.0831 e. The summed E-state index contributed by atoms with van der Waals surface area (Å²) in [5.74, 6) is 0. The van der Waals surface area contributed by atoms with E-state index in [2.05, 4.69) is 12.2 Å². The first-order chi connectivity index (χ1) is 5.35. The van der Waals surface area contributed by atoms with Crippen LogP contribution < -0.4 is 5.32 Å². The molecule has 0 aromatic heterocycles. The van der Waals surface area contributed by atoms with E-state index < -0.39 is 0 Å². The van der Waals surface area contributed by atoms with Gasteiger partial charge in [-0.15, -0.1) is 0 Å². The Morgan fingerprint density at radius 1 is 1.45 bits per heavy atom. The molecule has 1 aliphatic heterocycles. The summed E-state index contributed by atoms with van der Waals surface area (Å²) in [6, 6.07) is 0. The van der Waals surface area contributed by atoms with Gasteiger partial charge in [-0.05, 0) is 25.7 Å². The van der Waals surface area contributed by atoms with Crippen LogP contribution in [0.2, 0.25) is 0 Å². The van der Waals surface area contributed by atoms with E-state index in [4.69, 9.17) is 4.74 Å². The van der Waals surface area contributed by atoms with Crippen LogP contribution in [0.25, 0.3) is 0 Å². The fraction of sp³-hybridized carbons (Fsp3) is 1.00. The first kappa shape index (κ1) is 7.56. The molecule has 1 heterocycles. The predicted octanol–water partition coefficient (Wildman–Crippen LogP) is 1.31. The van der Waals surface area contributed by atoms with Gasteiger partial charge in [0.05, 0.1) is 11.7 Å². The fourth-order valence-electron chi connectivity index (χ4n) is 1.82. The van der Waals surface area contributed by atoms with Crippen molar-refractivity contribution in [2.24, 2.45) is 0 Å². The lowest BCUT2D eigenvalue weighted by Gasteiger charge is -2.45. The molecule has 2 fully saturated rings. The van der Waals surface area contributed by atoms with Crippen molar-refractivity contribution in [1.82, 2.24) is 5.32 Å². The molecule has 2 heteroatoms. The zero-order chi connectivity index (χ0) is 7.73. The zero-order valence-corrected chi connectivity index (χ0v) is 7.23. The molecule has 0 atom stereocenters. The maximum atomic E-state index is 6.00. The molecule has 0 unspecified atom stereocenters. The summed E-state index contributed by atoms with van der Waals surface area (Å²) in [5.41, 5.74) is 0.298. The van der Waals surface area contributed by atoms with Crippen molar-refractivity contribution in [3.63, 3.8) is 0 Å². The molecule has 0 radical (unpaired) electrons. The maximum absolute atomic E-state index is 6.00. The Morgan fingerprint density at radius 2 is 2.18 bits per heavy atom. The smallest absolute Gasteiger partial charge is 0.0831 e. The normalized spacial score (nSPS) is 29.2. The molecule has 0 aromatic carbocycles. The Hall–Kier alpha value is -0.0800. The first-order valence-corrected chi connectivity index (χ1v) is 4.73. The third kappa shape index (κ3) is 1.30. The third-order valence-electron chi connectivity index (χ3n) is 3.07. The minimum Gasteiger partial charge on any atom is -0.369 e. The molecule has 1 N–H and O–H groups in total. The van der Waals surface area contributed by atoms with Crippen molar-refractivity contribution in [3.05, 3.63) is 0 Å². The first-order valence-electron chi connectivity index (χ1n) is 4.73. The van der Waals surface area contributed by atoms with Gasteiger partial charge in [-0.25, -0.2) is 0 Å². The second kappa shape index (κ2) is 2.76. The van der Waals surface area contributed by atoms with Gasteiger partial charge in [0.15, 0.2) is 0 Å². The van der Waals surface area contributed by atoms with Gasteiger partial charge in [-0.2, -0.15) is 0 Å². The van der Waals surface area contributed by atoms with Gasteiger partial charge < -0.3 is 10.1 Å². The van der Waals surface area contributed by atoms with Crippen LogP contribution in [-0.4, -0.2) is 24.8 Å². The third-order valence-corrected chi connectivity index (χ3v) is 3.07. The fourth-order valence-corrected chi connectivity index (χ4v) is 1.82. The van der Waals surface area contributed by atoms with E-state index in [1.54, 1.807) is 0 Å². The van der Waals surface area contributed by atoms with Crippen molar-refractivity contribution in [2.45, 2.75) is 44.3 Å². The molecule has 1 aliphatic carbocycles. The Kier molecular flexibility index (Phi) is 1.90. The lowest BCUT2D eigenvalue weighted by Crippen LogP contribution is -2.54. The van der Waals surface area contributed by atoms with Crippen molar-refractivity contribution in [2.75, 3.05) is 13.1 Å². The van der Waals surface area contributed by atoms with Gasteiger partial charge in [0.1, 0.15) is 0 Å². The Bertz CT molecular complexity index is 133. The van der Waals surface area contributed by atoms with Crippen molar-refractivity contribution in [1.29, 1.82) is 0 Å². The van der Waals surface area contributed by atoms with Crippen molar-refractivity contribution in [3.8, 4) is 0 Å². The average Bonchev–Trinajstić information content (AvgIpc) is 1.83. The molecule has 1 saturated heterocycles. The average molecular weight is 155 g/mol. The molecule has 11 heavy (non-hydrogen) atoms. The lowest BCUT2D eigenvalue weighted by atomic mass is 9.78. The van der Waals surface area contributed by atoms with Gasteiger partial charge in [-0.3, -0.25) is 0 Å². The van der Waals surface area contributed by atoms with Crippen LogP contribution in [0.1, 0.15) is 32.6 Å². The second-order valence-corrected chi connectivity index (χ2v) is 3.79. The molecule has 0 aromatic rings. The van der Waals surface area contributed by atoms with Gasteiger partial charge in [0, 0.05) is 13.1 Å². The van der Waals surface area contributed by atoms with Crippen LogP contribution in [0.4, 0.5) is 0 Å². The summed E-state index contributed by atoms with van der Waals surface area (Å²) in [6.07, 6.45) is 5.67. The molecule has 2 aliphatic rings. The lowest BCUT2D eigenvalue weighted by molar-refractivity contribution is -0.153. The van der Waals surface area contributed by atoms with E-state index in [0.717, 1.165) is 13.1 Å². The quantitative estimate of drug-likeness (QED) is 0.663. The van der Waals surface area contributed by atoms with E-state index in [0.29, 0.717) is 11.7 Å². The monoisotopic (exact) mass is 155 g/mol. The van der Waals surface area contributed by atoms with Crippen LogP contribution in [0.3, 0.4) is 0 Å². The number of nitrogens with one attached hydrogen (secondary N) is 1. The van der Waals surface area contributed by atoms with Gasteiger partial charge >= 0.3 is 0 Å². The Balaban J connectivity index is 1.81. The van der Waals surface area contributed by atoms with Gasteiger partial charge in [-0.1, -0.05) is 6.92 Å². The summed E-state index contributed by atoms with van der Waals surface area (Å²) in [6.45, 7) is 4.38. The molecule has 0 amide bonds. The minimum absolute atomic E-state index is 0.298. The summed E-state index contributed by atoms with van der Waals surface area (Å²) < 4.78 is 6.00. The largest absolute Gasteiger partial charge is 0.369 e. The van der Waals surface area contributed by atoms with Crippen LogP contribution in [0, 0.1) is 0 Å². The molecule has 0 bridgehead atoms. The van der Waals surface area contributed by atoms with E-state index in [1.165, 1.54) is 25.7 Å². The topological polar surface area (TPSA) is 21.3 Å². The second-order valence-electron chi connectivity index (χ2n) is 3.79.